The van der Waals surface area contributed by atoms with Crippen molar-refractivity contribution in [1.82, 2.24) is 5.32 Å². The number of carbonyl (C=O) groups is 1. The molecule has 0 fully saturated rings. The lowest BCUT2D eigenvalue weighted by Gasteiger charge is -2.06. The molecule has 19 heavy (non-hydrogen) atoms. The van der Waals surface area contributed by atoms with E-state index in [2.05, 4.69) is 36.5 Å². The predicted molar refractivity (Wildman–Crippen MR) is 79.3 cm³/mol. The van der Waals surface area contributed by atoms with Crippen molar-refractivity contribution in [3.8, 4) is 11.1 Å². The van der Waals surface area contributed by atoms with Gasteiger partial charge < -0.3 is 5.32 Å². The Kier molecular flexibility index (Phi) is 4.35. The van der Waals surface area contributed by atoms with E-state index >= 15 is 0 Å². The maximum atomic E-state index is 11.8. The Morgan fingerprint density at radius 1 is 1.00 bits per heavy atom. The third-order valence-corrected chi connectivity index (χ3v) is 3.16. The van der Waals surface area contributed by atoms with E-state index in [1.807, 2.05) is 31.2 Å². The zero-order valence-corrected chi connectivity index (χ0v) is 11.4. The minimum Gasteiger partial charge on any atom is -0.352 e. The van der Waals surface area contributed by atoms with Crippen molar-refractivity contribution in [3.63, 3.8) is 0 Å². The average Bonchev–Trinajstić information content (AvgIpc) is 2.48. The van der Waals surface area contributed by atoms with E-state index in [9.17, 15) is 4.79 Å². The van der Waals surface area contributed by atoms with Gasteiger partial charge in [-0.05, 0) is 42.2 Å². The summed E-state index contributed by atoms with van der Waals surface area (Å²) in [5.41, 5.74) is 4.25. The molecular formula is C17H19NO. The van der Waals surface area contributed by atoms with Gasteiger partial charge in [-0.2, -0.15) is 0 Å². The van der Waals surface area contributed by atoms with Crippen molar-refractivity contribution in [2.45, 2.75) is 20.3 Å². The summed E-state index contributed by atoms with van der Waals surface area (Å²) >= 11 is 0. The van der Waals surface area contributed by atoms with Gasteiger partial charge in [0.05, 0.1) is 0 Å². The Bertz CT molecular complexity index is 558. The van der Waals surface area contributed by atoms with Crippen LogP contribution >= 0.6 is 0 Å². The third-order valence-electron chi connectivity index (χ3n) is 3.16. The van der Waals surface area contributed by atoms with E-state index in [4.69, 9.17) is 0 Å². The Morgan fingerprint density at radius 3 is 2.37 bits per heavy atom. The first-order valence-electron chi connectivity index (χ1n) is 6.72. The van der Waals surface area contributed by atoms with E-state index in [1.54, 1.807) is 0 Å². The van der Waals surface area contributed by atoms with Crippen LogP contribution in [0.25, 0.3) is 11.1 Å². The molecule has 0 aliphatic rings. The van der Waals surface area contributed by atoms with Gasteiger partial charge in [-0.25, -0.2) is 0 Å². The third kappa shape index (κ3) is 3.22. The van der Waals surface area contributed by atoms with E-state index in [-0.39, 0.29) is 5.91 Å². The van der Waals surface area contributed by atoms with Gasteiger partial charge in [0.15, 0.2) is 0 Å². The molecular weight excluding hydrogens is 234 g/mol. The van der Waals surface area contributed by atoms with E-state index in [0.717, 1.165) is 17.5 Å². The van der Waals surface area contributed by atoms with Gasteiger partial charge in [0.1, 0.15) is 0 Å². The number of rotatable bonds is 4. The number of carbonyl (C=O) groups excluding carboxylic acids is 1. The van der Waals surface area contributed by atoms with Crippen LogP contribution < -0.4 is 5.32 Å². The highest BCUT2D eigenvalue weighted by Gasteiger charge is 2.05. The lowest BCUT2D eigenvalue weighted by atomic mass is 10.0. The number of nitrogens with one attached hydrogen (secondary N) is 1. The summed E-state index contributed by atoms with van der Waals surface area (Å²) in [5, 5.41) is 2.82. The van der Waals surface area contributed by atoms with E-state index < -0.39 is 0 Å². The Morgan fingerprint density at radius 2 is 1.74 bits per heavy atom. The quantitative estimate of drug-likeness (QED) is 0.885. The van der Waals surface area contributed by atoms with Gasteiger partial charge in [-0.1, -0.05) is 43.3 Å². The van der Waals surface area contributed by atoms with Crippen LogP contribution in [0.2, 0.25) is 0 Å². The zero-order chi connectivity index (χ0) is 13.7. The fourth-order valence-corrected chi connectivity index (χ4v) is 2.04. The van der Waals surface area contributed by atoms with Gasteiger partial charge in [-0.3, -0.25) is 4.79 Å². The predicted octanol–water partition coefficient (Wildman–Crippen LogP) is 3.67. The monoisotopic (exact) mass is 253 g/mol. The molecule has 2 rings (SSSR count). The summed E-state index contributed by atoms with van der Waals surface area (Å²) in [6, 6.07) is 16.2. The fraction of sp³-hybridized carbons (Fsp3) is 0.235. The molecule has 1 amide bonds. The minimum atomic E-state index is -0.0190. The smallest absolute Gasteiger partial charge is 0.251 e. The molecule has 0 aromatic heterocycles. The molecule has 0 unspecified atom stereocenters. The molecule has 2 aromatic rings. The van der Waals surface area contributed by atoms with Crippen LogP contribution in [0.15, 0.2) is 48.5 Å². The Labute approximate surface area is 114 Å². The van der Waals surface area contributed by atoms with Crippen LogP contribution in [0.5, 0.6) is 0 Å². The van der Waals surface area contributed by atoms with Gasteiger partial charge in [0.25, 0.3) is 5.91 Å². The molecule has 0 saturated carbocycles. The lowest BCUT2D eigenvalue weighted by Crippen LogP contribution is -2.22. The first-order chi connectivity index (χ1) is 9.24. The molecule has 0 saturated heterocycles. The summed E-state index contributed by atoms with van der Waals surface area (Å²) in [5.74, 6) is -0.0190. The summed E-state index contributed by atoms with van der Waals surface area (Å²) < 4.78 is 0. The van der Waals surface area contributed by atoms with Crippen LogP contribution in [-0.4, -0.2) is 12.5 Å². The summed E-state index contributed by atoms with van der Waals surface area (Å²) in [6.07, 6.45) is 1.04. The van der Waals surface area contributed by atoms with Crippen molar-refractivity contribution in [2.24, 2.45) is 0 Å². The van der Waals surface area contributed by atoms with Gasteiger partial charge in [0, 0.05) is 12.1 Å². The van der Waals surface area contributed by atoms with Crippen LogP contribution in [0, 0.1) is 0 Å². The second kappa shape index (κ2) is 6.19. The number of benzene rings is 2. The SMILES string of the molecule is CCNC(=O)c1cccc(-c2ccc(CC)cc2)c1. The van der Waals surface area contributed by atoms with Crippen molar-refractivity contribution < 1.29 is 4.79 Å². The summed E-state index contributed by atoms with van der Waals surface area (Å²) in [7, 11) is 0. The molecule has 0 spiro atoms. The molecule has 0 aliphatic carbocycles. The number of hydrogen-bond donors (Lipinski definition) is 1. The molecule has 0 radical (unpaired) electrons. The van der Waals surface area contributed by atoms with Gasteiger partial charge in [0.2, 0.25) is 0 Å². The fourth-order valence-electron chi connectivity index (χ4n) is 2.04. The highest BCUT2D eigenvalue weighted by molar-refractivity contribution is 5.95. The largest absolute Gasteiger partial charge is 0.352 e. The standard InChI is InChI=1S/C17H19NO/c1-3-13-8-10-14(11-9-13)15-6-5-7-16(12-15)17(19)18-4-2/h5-12H,3-4H2,1-2H3,(H,18,19). The number of hydrogen-bond acceptors (Lipinski definition) is 1. The molecule has 0 atom stereocenters. The van der Waals surface area contributed by atoms with E-state index in [0.29, 0.717) is 12.1 Å². The molecule has 0 aliphatic heterocycles. The molecule has 2 nitrogen and oxygen atoms in total. The van der Waals surface area contributed by atoms with Gasteiger partial charge >= 0.3 is 0 Å². The molecule has 2 heteroatoms. The first-order valence-corrected chi connectivity index (χ1v) is 6.72. The maximum Gasteiger partial charge on any atom is 0.251 e. The summed E-state index contributed by atoms with van der Waals surface area (Å²) in [4.78, 5) is 11.8. The second-order valence-corrected chi connectivity index (χ2v) is 4.49. The molecule has 0 heterocycles. The lowest BCUT2D eigenvalue weighted by molar-refractivity contribution is 0.0956. The Hall–Kier alpha value is -2.09. The second-order valence-electron chi connectivity index (χ2n) is 4.49. The van der Waals surface area contributed by atoms with Crippen molar-refractivity contribution in [1.29, 1.82) is 0 Å². The van der Waals surface area contributed by atoms with Crippen LogP contribution in [0.3, 0.4) is 0 Å². The molecule has 2 aromatic carbocycles. The first kappa shape index (κ1) is 13.3. The van der Waals surface area contributed by atoms with Crippen LogP contribution in [0.4, 0.5) is 0 Å². The molecule has 98 valence electrons. The maximum absolute atomic E-state index is 11.8. The number of aryl methyl sites for hydroxylation is 1. The van der Waals surface area contributed by atoms with Gasteiger partial charge in [-0.15, -0.1) is 0 Å². The highest BCUT2D eigenvalue weighted by atomic mass is 16.1. The molecule has 0 bridgehead atoms. The van der Waals surface area contributed by atoms with Crippen molar-refractivity contribution in [3.05, 3.63) is 59.7 Å². The zero-order valence-electron chi connectivity index (χ0n) is 11.4. The molecule has 1 N–H and O–H groups in total. The topological polar surface area (TPSA) is 29.1 Å². The van der Waals surface area contributed by atoms with Crippen molar-refractivity contribution in [2.75, 3.05) is 6.54 Å². The van der Waals surface area contributed by atoms with E-state index in [1.165, 1.54) is 5.56 Å². The van der Waals surface area contributed by atoms with Crippen LogP contribution in [0.1, 0.15) is 29.8 Å². The number of amides is 1. The normalized spacial score (nSPS) is 10.2. The Balaban J connectivity index is 2.29. The highest BCUT2D eigenvalue weighted by Crippen LogP contribution is 2.21. The summed E-state index contributed by atoms with van der Waals surface area (Å²) in [6.45, 7) is 4.71. The average molecular weight is 253 g/mol. The van der Waals surface area contributed by atoms with Crippen LogP contribution in [-0.2, 0) is 6.42 Å². The van der Waals surface area contributed by atoms with Crippen molar-refractivity contribution >= 4 is 5.91 Å². The minimum absolute atomic E-state index is 0.0190.